The molecule has 4 heteroatoms. The zero-order valence-electron chi connectivity index (χ0n) is 7.33. The van der Waals surface area contributed by atoms with Gasteiger partial charge >= 0.3 is 5.97 Å². The summed E-state index contributed by atoms with van der Waals surface area (Å²) in [6.45, 7) is 3.48. The Balaban J connectivity index is 3.36. The van der Waals surface area contributed by atoms with E-state index in [4.69, 9.17) is 16.7 Å². The second-order valence-corrected chi connectivity index (χ2v) is 3.13. The Labute approximate surface area is 86.3 Å². The summed E-state index contributed by atoms with van der Waals surface area (Å²) in [6.07, 6.45) is 1.78. The Hall–Kier alpha value is -1.48. The zero-order chi connectivity index (χ0) is 10.7. The van der Waals surface area contributed by atoms with Crippen molar-refractivity contribution in [1.82, 2.24) is 0 Å². The van der Waals surface area contributed by atoms with E-state index in [1.807, 2.05) is 0 Å². The number of carboxylic acid groups (broad SMARTS) is 1. The molecule has 14 heavy (non-hydrogen) atoms. The Morgan fingerprint density at radius 2 is 2.21 bits per heavy atom. The maximum Gasteiger partial charge on any atom is 0.336 e. The van der Waals surface area contributed by atoms with Gasteiger partial charge in [-0.1, -0.05) is 17.7 Å². The minimum absolute atomic E-state index is 0.0480. The van der Waals surface area contributed by atoms with Crippen LogP contribution in [0.4, 0.5) is 0 Å². The van der Waals surface area contributed by atoms with Crippen LogP contribution in [0.5, 0.6) is 5.75 Å². The second kappa shape index (κ2) is 4.15. The molecule has 0 unspecified atom stereocenters. The van der Waals surface area contributed by atoms with Gasteiger partial charge in [0.1, 0.15) is 5.75 Å². The van der Waals surface area contributed by atoms with E-state index in [0.717, 1.165) is 0 Å². The van der Waals surface area contributed by atoms with Gasteiger partial charge in [-0.25, -0.2) is 4.79 Å². The van der Waals surface area contributed by atoms with Crippen molar-refractivity contribution in [3.8, 4) is 5.75 Å². The molecule has 0 aliphatic heterocycles. The molecule has 1 aromatic rings. The number of phenolic OH excluding ortho intramolecular Hbond substituents is 1. The first-order valence-corrected chi connectivity index (χ1v) is 4.30. The van der Waals surface area contributed by atoms with Crippen LogP contribution in [0.2, 0.25) is 5.02 Å². The highest BCUT2D eigenvalue weighted by atomic mass is 35.5. The smallest absolute Gasteiger partial charge is 0.336 e. The maximum absolute atomic E-state index is 10.8. The molecule has 0 spiro atoms. The predicted molar refractivity (Wildman–Crippen MR) is 54.0 cm³/mol. The highest BCUT2D eigenvalue weighted by Gasteiger charge is 2.14. The third-order valence-corrected chi connectivity index (χ3v) is 2.12. The van der Waals surface area contributed by atoms with Gasteiger partial charge in [0.05, 0.1) is 10.6 Å². The molecule has 0 aliphatic carbocycles. The van der Waals surface area contributed by atoms with Crippen LogP contribution in [0.1, 0.15) is 15.9 Å². The van der Waals surface area contributed by atoms with E-state index in [-0.39, 0.29) is 22.8 Å². The SMILES string of the molecule is C=CCc1c(C(=O)O)ccc(Cl)c1O. The Kier molecular flexibility index (Phi) is 3.14. The number of carboxylic acids is 1. The van der Waals surface area contributed by atoms with E-state index in [1.165, 1.54) is 18.2 Å². The van der Waals surface area contributed by atoms with Crippen LogP contribution in [-0.2, 0) is 6.42 Å². The lowest BCUT2D eigenvalue weighted by Crippen LogP contribution is -2.02. The number of rotatable bonds is 3. The minimum atomic E-state index is -1.09. The van der Waals surface area contributed by atoms with Gasteiger partial charge in [0.25, 0.3) is 0 Å². The first kappa shape index (κ1) is 10.6. The van der Waals surface area contributed by atoms with Gasteiger partial charge in [0.2, 0.25) is 0 Å². The van der Waals surface area contributed by atoms with Crippen molar-refractivity contribution in [2.75, 3.05) is 0 Å². The van der Waals surface area contributed by atoms with Crippen molar-refractivity contribution in [2.45, 2.75) is 6.42 Å². The molecule has 0 atom stereocenters. The summed E-state index contributed by atoms with van der Waals surface area (Å²) >= 11 is 5.65. The van der Waals surface area contributed by atoms with Crippen LogP contribution in [-0.4, -0.2) is 16.2 Å². The normalized spacial score (nSPS) is 9.79. The van der Waals surface area contributed by atoms with E-state index in [1.54, 1.807) is 0 Å². The molecule has 0 fully saturated rings. The van der Waals surface area contributed by atoms with Crippen LogP contribution < -0.4 is 0 Å². The van der Waals surface area contributed by atoms with Crippen molar-refractivity contribution >= 4 is 17.6 Å². The molecule has 1 aromatic carbocycles. The predicted octanol–water partition coefficient (Wildman–Crippen LogP) is 2.47. The van der Waals surface area contributed by atoms with Crippen molar-refractivity contribution in [2.24, 2.45) is 0 Å². The van der Waals surface area contributed by atoms with Crippen molar-refractivity contribution < 1.29 is 15.0 Å². The summed E-state index contributed by atoms with van der Waals surface area (Å²) in [5.74, 6) is -1.28. The Morgan fingerprint density at radius 1 is 1.57 bits per heavy atom. The zero-order valence-corrected chi connectivity index (χ0v) is 8.08. The molecule has 0 saturated heterocycles. The molecule has 0 amide bonds. The first-order chi connectivity index (χ1) is 6.57. The van der Waals surface area contributed by atoms with Gasteiger partial charge in [-0.3, -0.25) is 0 Å². The van der Waals surface area contributed by atoms with E-state index >= 15 is 0 Å². The molecule has 1 rings (SSSR count). The van der Waals surface area contributed by atoms with Crippen LogP contribution in [0.3, 0.4) is 0 Å². The summed E-state index contributed by atoms with van der Waals surface area (Å²) in [6, 6.07) is 2.72. The summed E-state index contributed by atoms with van der Waals surface area (Å²) in [5, 5.41) is 18.5. The molecular weight excluding hydrogens is 204 g/mol. The Bertz CT molecular complexity index is 385. The lowest BCUT2D eigenvalue weighted by molar-refractivity contribution is 0.0695. The average molecular weight is 213 g/mol. The van der Waals surface area contributed by atoms with Gasteiger partial charge in [-0.2, -0.15) is 0 Å². The lowest BCUT2D eigenvalue weighted by atomic mass is 10.0. The van der Waals surface area contributed by atoms with Crippen molar-refractivity contribution in [3.63, 3.8) is 0 Å². The molecule has 0 saturated carbocycles. The molecule has 74 valence electrons. The molecule has 0 aliphatic rings. The minimum Gasteiger partial charge on any atom is -0.506 e. The number of phenols is 1. The number of allylic oxidation sites excluding steroid dienone is 1. The van der Waals surface area contributed by atoms with Gasteiger partial charge in [-0.05, 0) is 18.6 Å². The fourth-order valence-electron chi connectivity index (χ4n) is 1.16. The van der Waals surface area contributed by atoms with Gasteiger partial charge < -0.3 is 10.2 Å². The van der Waals surface area contributed by atoms with Gasteiger partial charge in [-0.15, -0.1) is 6.58 Å². The fourth-order valence-corrected chi connectivity index (χ4v) is 1.34. The molecule has 3 nitrogen and oxygen atoms in total. The third-order valence-electron chi connectivity index (χ3n) is 1.81. The highest BCUT2D eigenvalue weighted by molar-refractivity contribution is 6.32. The van der Waals surface area contributed by atoms with Crippen molar-refractivity contribution in [3.05, 3.63) is 40.9 Å². The Morgan fingerprint density at radius 3 is 2.71 bits per heavy atom. The van der Waals surface area contributed by atoms with Crippen LogP contribution in [0, 0.1) is 0 Å². The standard InChI is InChI=1S/C10H9ClO3/c1-2-3-6-7(10(13)14)4-5-8(11)9(6)12/h2,4-5,12H,1,3H2,(H,13,14). The van der Waals surface area contributed by atoms with Crippen LogP contribution >= 0.6 is 11.6 Å². The van der Waals surface area contributed by atoms with E-state index in [9.17, 15) is 9.90 Å². The molecule has 2 N–H and O–H groups in total. The quantitative estimate of drug-likeness (QED) is 0.757. The van der Waals surface area contributed by atoms with Gasteiger partial charge in [0, 0.05) is 5.56 Å². The molecule has 0 aromatic heterocycles. The fraction of sp³-hybridized carbons (Fsp3) is 0.100. The topological polar surface area (TPSA) is 57.5 Å². The first-order valence-electron chi connectivity index (χ1n) is 3.92. The average Bonchev–Trinajstić information content (AvgIpc) is 2.13. The summed E-state index contributed by atoms with van der Waals surface area (Å²) in [7, 11) is 0. The van der Waals surface area contributed by atoms with E-state index in [0.29, 0.717) is 5.56 Å². The summed E-state index contributed by atoms with van der Waals surface area (Å²) in [4.78, 5) is 10.8. The number of aromatic hydroxyl groups is 1. The van der Waals surface area contributed by atoms with E-state index in [2.05, 4.69) is 6.58 Å². The number of halogens is 1. The molecule has 0 radical (unpaired) electrons. The van der Waals surface area contributed by atoms with E-state index < -0.39 is 5.97 Å². The summed E-state index contributed by atoms with van der Waals surface area (Å²) in [5.41, 5.74) is 0.340. The van der Waals surface area contributed by atoms with Crippen molar-refractivity contribution in [1.29, 1.82) is 0 Å². The number of benzene rings is 1. The number of hydrogen-bond donors (Lipinski definition) is 2. The number of carbonyl (C=O) groups is 1. The molecule has 0 bridgehead atoms. The van der Waals surface area contributed by atoms with Crippen LogP contribution in [0.15, 0.2) is 24.8 Å². The number of aromatic carboxylic acids is 1. The maximum atomic E-state index is 10.8. The number of hydrogen-bond acceptors (Lipinski definition) is 2. The van der Waals surface area contributed by atoms with Gasteiger partial charge in [0.15, 0.2) is 0 Å². The summed E-state index contributed by atoms with van der Waals surface area (Å²) < 4.78 is 0. The monoisotopic (exact) mass is 212 g/mol. The molecular formula is C10H9ClO3. The highest BCUT2D eigenvalue weighted by Crippen LogP contribution is 2.30. The van der Waals surface area contributed by atoms with Crippen LogP contribution in [0.25, 0.3) is 0 Å². The lowest BCUT2D eigenvalue weighted by Gasteiger charge is -2.07. The molecule has 0 heterocycles. The third kappa shape index (κ3) is 1.88. The largest absolute Gasteiger partial charge is 0.506 e. The second-order valence-electron chi connectivity index (χ2n) is 2.72.